The first kappa shape index (κ1) is 30.6. The average Bonchev–Trinajstić information content (AvgIpc) is 3.21. The van der Waals surface area contributed by atoms with Crippen LogP contribution in [0.4, 0.5) is 0 Å². The summed E-state index contributed by atoms with van der Waals surface area (Å²) in [5, 5.41) is 28.5. The minimum atomic E-state index is -1.45. The molecule has 39 heavy (non-hydrogen) atoms. The van der Waals surface area contributed by atoms with Crippen molar-refractivity contribution in [1.82, 2.24) is 26.2 Å². The van der Waals surface area contributed by atoms with E-state index in [9.17, 15) is 34.2 Å². The zero-order valence-corrected chi connectivity index (χ0v) is 23.0. The van der Waals surface area contributed by atoms with E-state index in [1.165, 1.54) is 6.92 Å². The summed E-state index contributed by atoms with van der Waals surface area (Å²) < 4.78 is 0. The van der Waals surface area contributed by atoms with Crippen LogP contribution in [0.25, 0.3) is 0 Å². The Hall–Kier alpha value is -2.93. The highest BCUT2D eigenvalue weighted by Gasteiger charge is 2.49. The zero-order chi connectivity index (χ0) is 28.9. The monoisotopic (exact) mass is 585 g/mol. The molecule has 0 aliphatic carbocycles. The fraction of sp³-hybridized carbons (Fsp3) is 0.560. The Bertz CT molecular complexity index is 1080. The van der Waals surface area contributed by atoms with Crippen molar-refractivity contribution in [3.8, 4) is 0 Å². The van der Waals surface area contributed by atoms with Crippen molar-refractivity contribution in [3.63, 3.8) is 0 Å². The van der Waals surface area contributed by atoms with Gasteiger partial charge >= 0.3 is 0 Å². The minimum absolute atomic E-state index is 0.119. The number of alkyl halides is 2. The molecule has 3 rings (SSSR count). The summed E-state index contributed by atoms with van der Waals surface area (Å²) >= 11 is 12.7. The Balaban J connectivity index is 2.03. The van der Waals surface area contributed by atoms with Crippen molar-refractivity contribution in [2.75, 3.05) is 13.2 Å². The van der Waals surface area contributed by atoms with Gasteiger partial charge in [0.15, 0.2) is 0 Å². The smallest absolute Gasteiger partial charge is 0.248 e. The van der Waals surface area contributed by atoms with Gasteiger partial charge in [0.25, 0.3) is 0 Å². The van der Waals surface area contributed by atoms with Crippen LogP contribution < -0.4 is 21.3 Å². The molecule has 2 fully saturated rings. The molecule has 1 aromatic carbocycles. The van der Waals surface area contributed by atoms with E-state index in [0.717, 1.165) is 4.90 Å². The number of nitrogens with one attached hydrogen (secondary N) is 4. The summed E-state index contributed by atoms with van der Waals surface area (Å²) in [6.45, 7) is 2.05. The largest absolute Gasteiger partial charge is 0.394 e. The van der Waals surface area contributed by atoms with Crippen molar-refractivity contribution in [3.05, 3.63) is 35.9 Å². The molecule has 2 heterocycles. The number of amides is 5. The lowest BCUT2D eigenvalue weighted by Crippen LogP contribution is -2.61. The van der Waals surface area contributed by atoms with E-state index >= 15 is 0 Å². The molecule has 0 radical (unpaired) electrons. The van der Waals surface area contributed by atoms with Gasteiger partial charge in [-0.1, -0.05) is 37.3 Å². The number of carbonyl (C=O) groups excluding carboxylic acids is 5. The standard InChI is InChI=1S/C25H33Cl2N5O7/c1-3-15-22(36)30-17(11-33)23(37)29-16(13-7-5-4-6-8-13)9-18(35)31-20(12(2)34)25(39)32-10-14(26)19(27)21(32)24(38)28-15/h4-8,12,14-17,19-21,33-34H,3,9-11H2,1-2H3,(H,28,38)(H,29,37)(H,30,36)(H,31,35)/t12-,14+,15-,16+,17+,19+,20-,21-/m1/s1. The average molecular weight is 586 g/mol. The molecule has 14 heteroatoms. The Morgan fingerprint density at radius 2 is 1.56 bits per heavy atom. The molecule has 8 atom stereocenters. The third-order valence-electron chi connectivity index (χ3n) is 6.74. The summed E-state index contributed by atoms with van der Waals surface area (Å²) in [7, 11) is 0. The van der Waals surface area contributed by atoms with Crippen LogP contribution in [-0.2, 0) is 24.0 Å². The molecule has 214 valence electrons. The lowest BCUT2D eigenvalue weighted by atomic mass is 10.0. The lowest BCUT2D eigenvalue weighted by Gasteiger charge is -2.32. The van der Waals surface area contributed by atoms with E-state index in [1.807, 2.05) is 0 Å². The molecule has 2 aliphatic rings. The topological polar surface area (TPSA) is 177 Å². The van der Waals surface area contributed by atoms with Crippen molar-refractivity contribution in [2.24, 2.45) is 0 Å². The van der Waals surface area contributed by atoms with Crippen LogP contribution in [-0.4, -0.2) is 98.8 Å². The quantitative estimate of drug-likeness (QED) is 0.243. The number of carbonyl (C=O) groups is 5. The first-order valence-electron chi connectivity index (χ1n) is 12.6. The highest BCUT2D eigenvalue weighted by molar-refractivity contribution is 6.32. The molecule has 12 nitrogen and oxygen atoms in total. The van der Waals surface area contributed by atoms with Crippen LogP contribution >= 0.6 is 23.2 Å². The molecule has 0 spiro atoms. The Kier molecular flexibility index (Phi) is 10.5. The molecule has 1 aromatic rings. The molecular weight excluding hydrogens is 553 g/mol. The first-order chi connectivity index (χ1) is 18.5. The van der Waals surface area contributed by atoms with Gasteiger partial charge in [0.2, 0.25) is 29.5 Å². The predicted molar refractivity (Wildman–Crippen MR) is 142 cm³/mol. The number of benzene rings is 1. The lowest BCUT2D eigenvalue weighted by molar-refractivity contribution is -0.144. The summed E-state index contributed by atoms with van der Waals surface area (Å²) in [4.78, 5) is 67.0. The van der Waals surface area contributed by atoms with Crippen LogP contribution in [0.2, 0.25) is 0 Å². The molecule has 6 N–H and O–H groups in total. The third-order valence-corrected chi connectivity index (χ3v) is 7.82. The number of aliphatic hydroxyl groups is 2. The zero-order valence-electron chi connectivity index (χ0n) is 21.5. The van der Waals surface area contributed by atoms with E-state index in [-0.39, 0.29) is 19.4 Å². The Morgan fingerprint density at radius 1 is 0.949 bits per heavy atom. The second kappa shape index (κ2) is 13.4. The highest BCUT2D eigenvalue weighted by Crippen LogP contribution is 2.29. The molecule has 2 saturated heterocycles. The van der Waals surface area contributed by atoms with Crippen molar-refractivity contribution < 1.29 is 34.2 Å². The van der Waals surface area contributed by atoms with Crippen LogP contribution in [0.3, 0.4) is 0 Å². The van der Waals surface area contributed by atoms with Gasteiger partial charge in [0.05, 0.1) is 35.9 Å². The summed E-state index contributed by atoms with van der Waals surface area (Å²) in [5.41, 5.74) is 0.554. The van der Waals surface area contributed by atoms with E-state index in [1.54, 1.807) is 37.3 Å². The summed E-state index contributed by atoms with van der Waals surface area (Å²) in [6.07, 6.45) is -1.57. The maximum Gasteiger partial charge on any atom is 0.248 e. The maximum absolute atomic E-state index is 13.5. The fourth-order valence-electron chi connectivity index (χ4n) is 4.56. The highest BCUT2D eigenvalue weighted by atomic mass is 35.5. The van der Waals surface area contributed by atoms with Gasteiger partial charge in [0, 0.05) is 6.54 Å². The molecular formula is C25H33Cl2N5O7. The molecule has 0 saturated carbocycles. The van der Waals surface area contributed by atoms with Crippen LogP contribution in [0.15, 0.2) is 30.3 Å². The van der Waals surface area contributed by atoms with Gasteiger partial charge in [-0.3, -0.25) is 24.0 Å². The van der Waals surface area contributed by atoms with E-state index in [4.69, 9.17) is 23.2 Å². The first-order valence-corrected chi connectivity index (χ1v) is 13.5. The molecule has 0 aromatic heterocycles. The maximum atomic E-state index is 13.5. The summed E-state index contributed by atoms with van der Waals surface area (Å²) in [6, 6.07) is 2.37. The van der Waals surface area contributed by atoms with Crippen LogP contribution in [0.1, 0.15) is 38.3 Å². The van der Waals surface area contributed by atoms with Gasteiger partial charge < -0.3 is 36.4 Å². The van der Waals surface area contributed by atoms with Crippen molar-refractivity contribution in [1.29, 1.82) is 0 Å². The van der Waals surface area contributed by atoms with Gasteiger partial charge in [0.1, 0.15) is 24.2 Å². The second-order valence-electron chi connectivity index (χ2n) is 9.57. The Morgan fingerprint density at radius 3 is 2.15 bits per heavy atom. The third kappa shape index (κ3) is 7.18. The fourth-order valence-corrected chi connectivity index (χ4v) is 5.17. The van der Waals surface area contributed by atoms with Gasteiger partial charge in [-0.15, -0.1) is 23.2 Å². The van der Waals surface area contributed by atoms with Gasteiger partial charge in [-0.2, -0.15) is 0 Å². The number of fused-ring (bicyclic) bond motifs is 1. The van der Waals surface area contributed by atoms with E-state index in [0.29, 0.717) is 5.56 Å². The number of rotatable bonds is 4. The minimum Gasteiger partial charge on any atom is -0.394 e. The molecule has 2 aliphatic heterocycles. The van der Waals surface area contributed by atoms with Gasteiger partial charge in [-0.05, 0) is 18.9 Å². The van der Waals surface area contributed by atoms with Crippen molar-refractivity contribution >= 4 is 52.7 Å². The number of aliphatic hydroxyl groups excluding tert-OH is 2. The normalized spacial score (nSPS) is 32.0. The number of halogens is 2. The SMILES string of the molecule is CC[C@H]1NC(=O)[C@H]2[C@@H](Cl)[C@@H](Cl)CN2C(=O)[C@@H]([C@@H](C)O)NC(=O)C[C@@H](c2ccccc2)NC(=O)[C@H](CO)NC1=O. The predicted octanol–water partition coefficient (Wildman–Crippen LogP) is -1.09. The number of hydrogen-bond donors (Lipinski definition) is 6. The van der Waals surface area contributed by atoms with Crippen LogP contribution in [0.5, 0.6) is 0 Å². The Labute approximate surface area is 235 Å². The van der Waals surface area contributed by atoms with Gasteiger partial charge in [-0.25, -0.2) is 0 Å². The second-order valence-corrected chi connectivity index (χ2v) is 10.6. The molecule has 0 bridgehead atoms. The van der Waals surface area contributed by atoms with E-state index in [2.05, 4.69) is 21.3 Å². The molecule has 0 unspecified atom stereocenters. The summed E-state index contributed by atoms with van der Waals surface area (Å²) in [5.74, 6) is -3.75. The number of nitrogens with zero attached hydrogens (tertiary/aromatic N) is 1. The molecule has 5 amide bonds. The number of hydrogen-bond acceptors (Lipinski definition) is 7. The van der Waals surface area contributed by atoms with Crippen molar-refractivity contribution in [2.45, 2.75) is 73.8 Å². The van der Waals surface area contributed by atoms with Crippen LogP contribution in [0, 0.1) is 0 Å². The van der Waals surface area contributed by atoms with E-state index < -0.39 is 83.2 Å².